The second kappa shape index (κ2) is 7.39. The monoisotopic (exact) mass is 353 g/mol. The van der Waals surface area contributed by atoms with Crippen LogP contribution in [0.2, 0.25) is 0 Å². The molecular weight excluding hydrogens is 334 g/mol. The Balaban J connectivity index is 1.67. The Kier molecular flexibility index (Phi) is 5.02. The first kappa shape index (κ1) is 17.7. The summed E-state index contributed by atoms with van der Waals surface area (Å²) in [6.45, 7) is 2.22. The van der Waals surface area contributed by atoms with Crippen molar-refractivity contribution in [2.75, 3.05) is 18.6 Å². The van der Waals surface area contributed by atoms with Gasteiger partial charge in [-0.15, -0.1) is 0 Å². The number of hydrogen-bond acceptors (Lipinski definition) is 5. The van der Waals surface area contributed by atoms with Gasteiger partial charge in [0.05, 0.1) is 18.6 Å². The van der Waals surface area contributed by atoms with Crippen LogP contribution in [0, 0.1) is 12.8 Å². The summed E-state index contributed by atoms with van der Waals surface area (Å²) in [6, 6.07) is 13.7. The molecule has 6 nitrogen and oxygen atoms in total. The predicted molar refractivity (Wildman–Crippen MR) is 95.1 cm³/mol. The molecule has 1 aliphatic heterocycles. The molecule has 0 N–H and O–H groups in total. The van der Waals surface area contributed by atoms with Gasteiger partial charge in [0.2, 0.25) is 5.91 Å². The Morgan fingerprint density at radius 3 is 2.42 bits per heavy atom. The van der Waals surface area contributed by atoms with Gasteiger partial charge in [-0.25, -0.2) is 4.79 Å². The maximum Gasteiger partial charge on any atom is 0.337 e. The molecule has 0 aromatic heterocycles. The Morgan fingerprint density at radius 1 is 1.08 bits per heavy atom. The van der Waals surface area contributed by atoms with Gasteiger partial charge < -0.3 is 14.4 Å². The molecule has 1 atom stereocenters. The fourth-order valence-electron chi connectivity index (χ4n) is 2.94. The summed E-state index contributed by atoms with van der Waals surface area (Å²) >= 11 is 0. The van der Waals surface area contributed by atoms with Crippen LogP contribution < -0.4 is 9.64 Å². The molecule has 1 heterocycles. The molecule has 2 aromatic carbocycles. The minimum atomic E-state index is -0.526. The lowest BCUT2D eigenvalue weighted by Crippen LogP contribution is -2.27. The third-order valence-corrected chi connectivity index (χ3v) is 4.36. The van der Waals surface area contributed by atoms with E-state index in [0.717, 1.165) is 11.3 Å². The quantitative estimate of drug-likeness (QED) is 0.624. The summed E-state index contributed by atoms with van der Waals surface area (Å²) in [7, 11) is 1.30. The summed E-state index contributed by atoms with van der Waals surface area (Å²) in [5, 5.41) is 0. The fraction of sp³-hybridized carbons (Fsp3) is 0.250. The number of carbonyl (C=O) groups is 3. The van der Waals surface area contributed by atoms with Crippen molar-refractivity contribution >= 4 is 23.5 Å². The van der Waals surface area contributed by atoms with E-state index in [9.17, 15) is 14.4 Å². The van der Waals surface area contributed by atoms with Crippen molar-refractivity contribution < 1.29 is 23.9 Å². The van der Waals surface area contributed by atoms with Crippen LogP contribution in [0.25, 0.3) is 0 Å². The first-order valence-electron chi connectivity index (χ1n) is 8.25. The highest BCUT2D eigenvalue weighted by atomic mass is 16.5. The van der Waals surface area contributed by atoms with Crippen molar-refractivity contribution in [1.82, 2.24) is 0 Å². The average molecular weight is 353 g/mol. The Labute approximate surface area is 151 Å². The van der Waals surface area contributed by atoms with Crippen LogP contribution in [0.5, 0.6) is 5.75 Å². The Bertz CT molecular complexity index is 844. The number of rotatable bonds is 4. The van der Waals surface area contributed by atoms with Crippen molar-refractivity contribution in [3.8, 4) is 5.75 Å². The average Bonchev–Trinajstić information content (AvgIpc) is 3.04. The summed E-state index contributed by atoms with van der Waals surface area (Å²) in [5.41, 5.74) is 2.16. The zero-order valence-corrected chi connectivity index (χ0v) is 14.6. The highest BCUT2D eigenvalue weighted by Crippen LogP contribution is 2.28. The van der Waals surface area contributed by atoms with E-state index in [0.29, 0.717) is 17.9 Å². The molecular formula is C20H19NO5. The van der Waals surface area contributed by atoms with Crippen LogP contribution in [0.15, 0.2) is 48.5 Å². The Morgan fingerprint density at radius 2 is 1.77 bits per heavy atom. The number of ether oxygens (including phenoxy) is 2. The molecule has 1 saturated heterocycles. The van der Waals surface area contributed by atoms with Crippen molar-refractivity contribution in [2.45, 2.75) is 13.3 Å². The molecule has 1 aliphatic rings. The van der Waals surface area contributed by atoms with Crippen LogP contribution in [0.1, 0.15) is 22.3 Å². The van der Waals surface area contributed by atoms with E-state index >= 15 is 0 Å². The molecule has 0 bridgehead atoms. The molecule has 134 valence electrons. The van der Waals surface area contributed by atoms with E-state index in [1.165, 1.54) is 31.4 Å². The van der Waals surface area contributed by atoms with Crippen molar-refractivity contribution in [3.05, 3.63) is 59.7 Å². The molecule has 2 aromatic rings. The second-order valence-electron chi connectivity index (χ2n) is 6.13. The van der Waals surface area contributed by atoms with E-state index in [2.05, 4.69) is 4.74 Å². The molecule has 3 rings (SSSR count). The van der Waals surface area contributed by atoms with Crippen molar-refractivity contribution in [1.29, 1.82) is 0 Å². The molecule has 6 heteroatoms. The van der Waals surface area contributed by atoms with Crippen LogP contribution in [0.3, 0.4) is 0 Å². The van der Waals surface area contributed by atoms with Gasteiger partial charge in [-0.1, -0.05) is 18.2 Å². The SMILES string of the molecule is COC(=O)c1ccc(OC(=O)[C@H]2CC(=O)N(c3ccccc3C)C2)cc1. The predicted octanol–water partition coefficient (Wildman–Crippen LogP) is 2.74. The lowest BCUT2D eigenvalue weighted by Gasteiger charge is -2.18. The third kappa shape index (κ3) is 3.59. The van der Waals surface area contributed by atoms with E-state index < -0.39 is 17.9 Å². The minimum Gasteiger partial charge on any atom is -0.465 e. The van der Waals surface area contributed by atoms with Crippen LogP contribution in [-0.4, -0.2) is 31.5 Å². The van der Waals surface area contributed by atoms with Crippen molar-refractivity contribution in [3.63, 3.8) is 0 Å². The molecule has 0 aliphatic carbocycles. The molecule has 0 radical (unpaired) electrons. The number of aryl methyl sites for hydroxylation is 1. The molecule has 0 saturated carbocycles. The van der Waals surface area contributed by atoms with Crippen LogP contribution >= 0.6 is 0 Å². The maximum atomic E-state index is 12.4. The lowest BCUT2D eigenvalue weighted by molar-refractivity contribution is -0.139. The smallest absolute Gasteiger partial charge is 0.337 e. The number of methoxy groups -OCH3 is 1. The first-order valence-corrected chi connectivity index (χ1v) is 8.25. The Hall–Kier alpha value is -3.15. The zero-order valence-electron chi connectivity index (χ0n) is 14.6. The lowest BCUT2D eigenvalue weighted by atomic mass is 10.1. The highest BCUT2D eigenvalue weighted by Gasteiger charge is 2.36. The van der Waals surface area contributed by atoms with Gasteiger partial charge in [-0.05, 0) is 42.8 Å². The van der Waals surface area contributed by atoms with Crippen LogP contribution in [0.4, 0.5) is 5.69 Å². The van der Waals surface area contributed by atoms with E-state index in [4.69, 9.17) is 4.74 Å². The molecule has 0 spiro atoms. The summed E-state index contributed by atoms with van der Waals surface area (Å²) < 4.78 is 9.98. The molecule has 1 amide bonds. The van der Waals surface area contributed by atoms with Crippen molar-refractivity contribution in [2.24, 2.45) is 5.92 Å². The second-order valence-corrected chi connectivity index (χ2v) is 6.13. The molecule has 1 fully saturated rings. The van der Waals surface area contributed by atoms with E-state index in [-0.39, 0.29) is 12.3 Å². The number of esters is 2. The standard InChI is InChI=1S/C20H19NO5/c1-13-5-3-4-6-17(13)21-12-15(11-18(21)22)20(24)26-16-9-7-14(8-10-16)19(23)25-2/h3-10,15H,11-12H2,1-2H3/t15-/m0/s1. The van der Waals surface area contributed by atoms with E-state index in [1.807, 2.05) is 31.2 Å². The van der Waals surface area contributed by atoms with Gasteiger partial charge in [-0.2, -0.15) is 0 Å². The number of nitrogens with zero attached hydrogens (tertiary/aromatic N) is 1. The summed E-state index contributed by atoms with van der Waals surface area (Å²) in [6.07, 6.45) is 0.118. The molecule has 0 unspecified atom stereocenters. The van der Waals surface area contributed by atoms with Gasteiger partial charge in [0, 0.05) is 18.7 Å². The summed E-state index contributed by atoms with van der Waals surface area (Å²) in [5.74, 6) is -1.22. The number of para-hydroxylation sites is 1. The summed E-state index contributed by atoms with van der Waals surface area (Å²) in [4.78, 5) is 37.8. The van der Waals surface area contributed by atoms with Gasteiger partial charge in [-0.3, -0.25) is 9.59 Å². The van der Waals surface area contributed by atoms with Crippen LogP contribution in [-0.2, 0) is 14.3 Å². The number of carbonyl (C=O) groups excluding carboxylic acids is 3. The third-order valence-electron chi connectivity index (χ3n) is 4.36. The number of anilines is 1. The minimum absolute atomic E-state index is 0.0951. The highest BCUT2D eigenvalue weighted by molar-refractivity contribution is 6.00. The number of amides is 1. The normalized spacial score (nSPS) is 16.5. The van der Waals surface area contributed by atoms with Gasteiger partial charge >= 0.3 is 11.9 Å². The van der Waals surface area contributed by atoms with E-state index in [1.54, 1.807) is 4.90 Å². The first-order chi connectivity index (χ1) is 12.5. The fourth-order valence-corrected chi connectivity index (χ4v) is 2.94. The topological polar surface area (TPSA) is 72.9 Å². The largest absolute Gasteiger partial charge is 0.465 e. The zero-order chi connectivity index (χ0) is 18.7. The number of benzene rings is 2. The van der Waals surface area contributed by atoms with Gasteiger partial charge in [0.25, 0.3) is 0 Å². The van der Waals surface area contributed by atoms with Gasteiger partial charge in [0.1, 0.15) is 5.75 Å². The maximum absolute atomic E-state index is 12.4. The molecule has 26 heavy (non-hydrogen) atoms. The van der Waals surface area contributed by atoms with Gasteiger partial charge in [0.15, 0.2) is 0 Å². The number of hydrogen-bond donors (Lipinski definition) is 0.